The Hall–Kier alpha value is -4.11. The minimum atomic E-state index is -1.23. The molecule has 2 saturated heterocycles. The Morgan fingerprint density at radius 3 is 2.72 bits per heavy atom. The zero-order valence-corrected chi connectivity index (χ0v) is 19.6. The second kappa shape index (κ2) is 8.23. The lowest BCUT2D eigenvalue weighted by atomic mass is 9.69. The fraction of sp³-hybridized carbons (Fsp3) is 0.296. The summed E-state index contributed by atoms with van der Waals surface area (Å²) in [6.07, 6.45) is 4.84. The van der Waals surface area contributed by atoms with Gasteiger partial charge in [-0.05, 0) is 55.3 Å². The molecule has 0 aliphatic carbocycles. The lowest BCUT2D eigenvalue weighted by Gasteiger charge is -2.37. The third-order valence-corrected chi connectivity index (χ3v) is 7.93. The number of non-ortho nitro benzene ring substituents is 1. The number of pyridine rings is 1. The van der Waals surface area contributed by atoms with Crippen LogP contribution in [0.25, 0.3) is 0 Å². The molecule has 3 aliphatic rings. The molecule has 2 fully saturated rings. The fourth-order valence-electron chi connectivity index (χ4n) is 6.55. The van der Waals surface area contributed by atoms with E-state index in [1.54, 1.807) is 43.6 Å². The van der Waals surface area contributed by atoms with Gasteiger partial charge < -0.3 is 10.1 Å². The highest BCUT2D eigenvalue weighted by molar-refractivity contribution is 6.12. The topological polar surface area (TPSA) is 115 Å². The average Bonchev–Trinajstić information content (AvgIpc) is 3.57. The molecule has 4 atom stereocenters. The van der Waals surface area contributed by atoms with Crippen molar-refractivity contribution in [2.75, 3.05) is 19.0 Å². The lowest BCUT2D eigenvalue weighted by molar-refractivity contribution is -0.384. The standard InChI is InChI=1S/C27H24N4O5/c1-36-19-10-11-21-20(14-19)27(26(33)29-21)24(25(32)17-4-2-12-28-15-17)23(22-5-3-13-30(22)27)16-6-8-18(9-7-16)31(34)35/h2,4,6-12,14-15,22-24H,3,5,13H2,1H3,(H,29,33). The third kappa shape index (κ3) is 3.02. The summed E-state index contributed by atoms with van der Waals surface area (Å²) in [5.41, 5.74) is 1.38. The van der Waals surface area contributed by atoms with Gasteiger partial charge in [-0.25, -0.2) is 0 Å². The van der Waals surface area contributed by atoms with Crippen molar-refractivity contribution < 1.29 is 19.2 Å². The van der Waals surface area contributed by atoms with Crippen molar-refractivity contribution in [3.8, 4) is 5.75 Å². The van der Waals surface area contributed by atoms with E-state index in [1.165, 1.54) is 18.3 Å². The molecule has 3 aromatic rings. The quantitative estimate of drug-likeness (QED) is 0.332. The van der Waals surface area contributed by atoms with Crippen LogP contribution in [0.1, 0.15) is 40.2 Å². The fourth-order valence-corrected chi connectivity index (χ4v) is 6.55. The largest absolute Gasteiger partial charge is 0.497 e. The molecule has 6 rings (SSSR count). The number of methoxy groups -OCH3 is 1. The van der Waals surface area contributed by atoms with Crippen LogP contribution >= 0.6 is 0 Å². The van der Waals surface area contributed by atoms with Crippen molar-refractivity contribution >= 4 is 23.1 Å². The number of ether oxygens (including phenoxy) is 1. The molecule has 1 amide bonds. The number of amides is 1. The Bertz CT molecular complexity index is 1380. The maximum absolute atomic E-state index is 14.3. The maximum Gasteiger partial charge on any atom is 0.269 e. The molecule has 2 aromatic carbocycles. The summed E-state index contributed by atoms with van der Waals surface area (Å²) >= 11 is 0. The second-order valence-electron chi connectivity index (χ2n) is 9.49. The summed E-state index contributed by atoms with van der Waals surface area (Å²) in [6, 6.07) is 15.2. The highest BCUT2D eigenvalue weighted by Crippen LogP contribution is 2.61. The minimum absolute atomic E-state index is 0.0152. The Labute approximate surface area is 207 Å². The van der Waals surface area contributed by atoms with Crippen LogP contribution in [0.5, 0.6) is 5.75 Å². The molecule has 1 spiro atoms. The second-order valence-corrected chi connectivity index (χ2v) is 9.49. The number of nitrogens with zero attached hydrogens (tertiary/aromatic N) is 3. The van der Waals surface area contributed by atoms with Gasteiger partial charge in [0.05, 0.1) is 18.0 Å². The summed E-state index contributed by atoms with van der Waals surface area (Å²) in [6.45, 7) is 0.662. The van der Waals surface area contributed by atoms with Gasteiger partial charge >= 0.3 is 0 Å². The highest BCUT2D eigenvalue weighted by atomic mass is 16.6. The highest BCUT2D eigenvalue weighted by Gasteiger charge is 2.69. The van der Waals surface area contributed by atoms with E-state index in [4.69, 9.17) is 4.74 Å². The number of carbonyl (C=O) groups excluding carboxylic acids is 2. The number of ketones is 1. The van der Waals surface area contributed by atoms with Crippen LogP contribution < -0.4 is 10.1 Å². The molecule has 0 bridgehead atoms. The molecule has 36 heavy (non-hydrogen) atoms. The molecular formula is C27H24N4O5. The number of benzene rings is 2. The minimum Gasteiger partial charge on any atom is -0.497 e. The maximum atomic E-state index is 14.3. The number of nitrogens with one attached hydrogen (secondary N) is 1. The summed E-state index contributed by atoms with van der Waals surface area (Å²) < 4.78 is 5.50. The van der Waals surface area contributed by atoms with Crippen LogP contribution in [-0.2, 0) is 10.3 Å². The van der Waals surface area contributed by atoms with Crippen molar-refractivity contribution in [3.63, 3.8) is 0 Å². The number of fused-ring (bicyclic) bond motifs is 4. The number of nitro benzene ring substituents is 1. The monoisotopic (exact) mass is 484 g/mol. The molecule has 4 unspecified atom stereocenters. The molecule has 0 saturated carbocycles. The lowest BCUT2D eigenvalue weighted by Crippen LogP contribution is -2.52. The van der Waals surface area contributed by atoms with Crippen LogP contribution in [0.2, 0.25) is 0 Å². The van der Waals surface area contributed by atoms with Gasteiger partial charge in [0.1, 0.15) is 11.3 Å². The van der Waals surface area contributed by atoms with Gasteiger partial charge in [-0.3, -0.25) is 29.6 Å². The first-order valence-corrected chi connectivity index (χ1v) is 11.9. The van der Waals surface area contributed by atoms with Gasteiger partial charge in [-0.15, -0.1) is 0 Å². The number of Topliss-reactive ketones (excluding diaryl/α,β-unsaturated/α-hetero) is 1. The Morgan fingerprint density at radius 1 is 1.22 bits per heavy atom. The number of aromatic nitrogens is 1. The van der Waals surface area contributed by atoms with E-state index in [1.807, 2.05) is 12.1 Å². The van der Waals surface area contributed by atoms with Crippen LogP contribution in [0.4, 0.5) is 11.4 Å². The molecule has 4 heterocycles. The molecule has 3 aliphatic heterocycles. The van der Waals surface area contributed by atoms with E-state index in [0.29, 0.717) is 23.5 Å². The summed E-state index contributed by atoms with van der Waals surface area (Å²) in [7, 11) is 1.57. The van der Waals surface area contributed by atoms with E-state index < -0.39 is 16.4 Å². The molecule has 9 heteroatoms. The van der Waals surface area contributed by atoms with Crippen LogP contribution in [0.3, 0.4) is 0 Å². The van der Waals surface area contributed by atoms with Crippen LogP contribution in [-0.4, -0.2) is 46.2 Å². The summed E-state index contributed by atoms with van der Waals surface area (Å²) in [5.74, 6) is -0.909. The first-order valence-electron chi connectivity index (χ1n) is 11.9. The van der Waals surface area contributed by atoms with E-state index in [2.05, 4.69) is 15.2 Å². The molecule has 1 N–H and O–H groups in total. The van der Waals surface area contributed by atoms with Gasteiger partial charge in [0.2, 0.25) is 5.91 Å². The Morgan fingerprint density at radius 2 is 2.03 bits per heavy atom. The predicted molar refractivity (Wildman–Crippen MR) is 131 cm³/mol. The number of hydrogen-bond donors (Lipinski definition) is 1. The van der Waals surface area contributed by atoms with Crippen LogP contribution in [0.15, 0.2) is 67.0 Å². The zero-order chi connectivity index (χ0) is 25.0. The van der Waals surface area contributed by atoms with Gasteiger partial charge in [0.25, 0.3) is 5.69 Å². The molecule has 1 aromatic heterocycles. The number of hydrogen-bond acceptors (Lipinski definition) is 7. The van der Waals surface area contributed by atoms with E-state index in [9.17, 15) is 19.7 Å². The van der Waals surface area contributed by atoms with Crippen molar-refractivity contribution in [2.45, 2.75) is 30.3 Å². The first-order chi connectivity index (χ1) is 17.5. The smallest absolute Gasteiger partial charge is 0.269 e. The van der Waals surface area contributed by atoms with Crippen molar-refractivity contribution in [2.24, 2.45) is 5.92 Å². The van der Waals surface area contributed by atoms with Gasteiger partial charge in [-0.1, -0.05) is 12.1 Å². The SMILES string of the molecule is COc1ccc2c(c1)C1(C(=O)N2)C(C(=O)c2cccnc2)C(c2ccc([N+](=O)[O-])cc2)C2CCCN21. The third-order valence-electron chi connectivity index (χ3n) is 7.93. The average molecular weight is 485 g/mol. The normalized spacial score (nSPS) is 26.5. The van der Waals surface area contributed by atoms with Crippen LogP contribution in [0, 0.1) is 16.0 Å². The zero-order valence-electron chi connectivity index (χ0n) is 19.6. The van der Waals surface area contributed by atoms with Gasteiger partial charge in [0, 0.05) is 53.3 Å². The molecule has 0 radical (unpaired) electrons. The number of rotatable bonds is 5. The van der Waals surface area contributed by atoms with E-state index in [0.717, 1.165) is 24.0 Å². The Balaban J connectivity index is 1.60. The van der Waals surface area contributed by atoms with Crippen molar-refractivity contribution in [1.29, 1.82) is 0 Å². The molecular weight excluding hydrogens is 460 g/mol. The van der Waals surface area contributed by atoms with E-state index in [-0.39, 0.29) is 29.3 Å². The summed E-state index contributed by atoms with van der Waals surface area (Å²) in [4.78, 5) is 45.5. The van der Waals surface area contributed by atoms with Crippen molar-refractivity contribution in [3.05, 3.63) is 93.8 Å². The predicted octanol–water partition coefficient (Wildman–Crippen LogP) is 3.91. The number of carbonyl (C=O) groups is 2. The van der Waals surface area contributed by atoms with Gasteiger partial charge in [0.15, 0.2) is 5.78 Å². The number of nitro groups is 1. The number of anilines is 1. The summed E-state index contributed by atoms with van der Waals surface area (Å²) in [5, 5.41) is 14.3. The molecule has 9 nitrogen and oxygen atoms in total. The van der Waals surface area contributed by atoms with E-state index >= 15 is 0 Å². The first kappa shape index (κ1) is 22.4. The molecule has 182 valence electrons. The Kier molecular flexibility index (Phi) is 5.11. The van der Waals surface area contributed by atoms with Gasteiger partial charge in [-0.2, -0.15) is 0 Å². The van der Waals surface area contributed by atoms with Crippen molar-refractivity contribution in [1.82, 2.24) is 9.88 Å².